The molecule has 0 atom stereocenters. The summed E-state index contributed by atoms with van der Waals surface area (Å²) in [7, 11) is 0. The van der Waals surface area contributed by atoms with Crippen LogP contribution in [0, 0.1) is 13.8 Å². The van der Waals surface area contributed by atoms with E-state index in [9.17, 15) is 0 Å². The van der Waals surface area contributed by atoms with E-state index in [1.807, 2.05) is 0 Å². The summed E-state index contributed by atoms with van der Waals surface area (Å²) in [4.78, 5) is 0. The van der Waals surface area contributed by atoms with E-state index in [1.165, 1.54) is 16.7 Å². The Labute approximate surface area is 87.1 Å². The fourth-order valence-electron chi connectivity index (χ4n) is 1.19. The van der Waals surface area contributed by atoms with Crippen LogP contribution >= 0.6 is 0 Å². The average molecular weight is 192 g/mol. The van der Waals surface area contributed by atoms with Gasteiger partial charge in [0.05, 0.1) is 12.2 Å². The minimum Gasteiger partial charge on any atom is -0.371 e. The first-order chi connectivity index (χ1) is 6.38. The molecule has 0 saturated heterocycles. The number of rotatable bonds is 2. The van der Waals surface area contributed by atoms with E-state index in [2.05, 4.69) is 52.8 Å². The lowest BCUT2D eigenvalue weighted by molar-refractivity contribution is -0.0149. The van der Waals surface area contributed by atoms with Crippen LogP contribution in [0.5, 0.6) is 0 Å². The Bertz CT molecular complexity index is 308. The van der Waals surface area contributed by atoms with Gasteiger partial charge in [-0.3, -0.25) is 0 Å². The Morgan fingerprint density at radius 1 is 1.07 bits per heavy atom. The van der Waals surface area contributed by atoms with E-state index in [-0.39, 0.29) is 5.60 Å². The number of ether oxygens (including phenoxy) is 1. The topological polar surface area (TPSA) is 9.23 Å². The van der Waals surface area contributed by atoms with Crippen LogP contribution in [0.2, 0.25) is 0 Å². The van der Waals surface area contributed by atoms with Crippen molar-refractivity contribution >= 4 is 0 Å². The fourth-order valence-corrected chi connectivity index (χ4v) is 1.19. The Balaban J connectivity index is 2.65. The zero-order valence-electron chi connectivity index (χ0n) is 9.85. The highest BCUT2D eigenvalue weighted by Gasteiger charge is 2.09. The third-order valence-corrected chi connectivity index (χ3v) is 2.24. The molecule has 0 fully saturated rings. The standard InChI is InChI=1S/C13H20O/c1-10-6-7-12(8-11(10)2)9-14-13(3,4)5/h6-8H,9H2,1-5H3. The number of aryl methyl sites for hydroxylation is 2. The van der Waals surface area contributed by atoms with Crippen LogP contribution in [0.4, 0.5) is 0 Å². The van der Waals surface area contributed by atoms with Gasteiger partial charge in [-0.25, -0.2) is 0 Å². The second-order valence-electron chi connectivity index (χ2n) is 4.82. The van der Waals surface area contributed by atoms with Crippen molar-refractivity contribution in [3.05, 3.63) is 34.9 Å². The Kier molecular flexibility index (Phi) is 3.33. The van der Waals surface area contributed by atoms with Crippen LogP contribution in [0.1, 0.15) is 37.5 Å². The molecular weight excluding hydrogens is 172 g/mol. The predicted molar refractivity (Wildman–Crippen MR) is 60.5 cm³/mol. The SMILES string of the molecule is Cc1ccc(COC(C)(C)C)cc1C. The van der Waals surface area contributed by atoms with Crippen molar-refractivity contribution in [2.24, 2.45) is 0 Å². The maximum atomic E-state index is 5.71. The molecule has 0 radical (unpaired) electrons. The first kappa shape index (κ1) is 11.3. The normalized spacial score (nSPS) is 11.8. The molecule has 0 aliphatic heterocycles. The van der Waals surface area contributed by atoms with Crippen molar-refractivity contribution in [3.63, 3.8) is 0 Å². The molecule has 1 heteroatoms. The molecule has 1 rings (SSSR count). The van der Waals surface area contributed by atoms with Gasteiger partial charge in [-0.1, -0.05) is 18.2 Å². The zero-order valence-corrected chi connectivity index (χ0v) is 9.85. The van der Waals surface area contributed by atoms with Crippen LogP contribution in [0.15, 0.2) is 18.2 Å². The lowest BCUT2D eigenvalue weighted by atomic mass is 10.1. The highest BCUT2D eigenvalue weighted by atomic mass is 16.5. The number of benzene rings is 1. The van der Waals surface area contributed by atoms with Gasteiger partial charge < -0.3 is 4.74 Å². The van der Waals surface area contributed by atoms with E-state index in [0.29, 0.717) is 6.61 Å². The molecule has 1 aromatic rings. The third kappa shape index (κ3) is 3.51. The number of hydrogen-bond acceptors (Lipinski definition) is 1. The van der Waals surface area contributed by atoms with Crippen LogP contribution in [0.25, 0.3) is 0 Å². The molecule has 1 nitrogen and oxygen atoms in total. The van der Waals surface area contributed by atoms with E-state index in [1.54, 1.807) is 0 Å². The first-order valence-electron chi connectivity index (χ1n) is 5.08. The zero-order chi connectivity index (χ0) is 10.8. The summed E-state index contributed by atoms with van der Waals surface area (Å²) in [6.45, 7) is 11.2. The Morgan fingerprint density at radius 3 is 2.21 bits per heavy atom. The Morgan fingerprint density at radius 2 is 1.71 bits per heavy atom. The van der Waals surface area contributed by atoms with Crippen molar-refractivity contribution in [2.75, 3.05) is 0 Å². The second-order valence-corrected chi connectivity index (χ2v) is 4.82. The summed E-state index contributed by atoms with van der Waals surface area (Å²) in [6.07, 6.45) is 0. The maximum Gasteiger partial charge on any atom is 0.0724 e. The Hall–Kier alpha value is -0.820. The molecule has 0 unspecified atom stereocenters. The molecule has 0 amide bonds. The summed E-state index contributed by atoms with van der Waals surface area (Å²) in [5.41, 5.74) is 3.87. The van der Waals surface area contributed by atoms with Gasteiger partial charge in [0, 0.05) is 0 Å². The van der Waals surface area contributed by atoms with Crippen molar-refractivity contribution in [2.45, 2.75) is 46.8 Å². The molecule has 14 heavy (non-hydrogen) atoms. The second kappa shape index (κ2) is 4.14. The fraction of sp³-hybridized carbons (Fsp3) is 0.538. The summed E-state index contributed by atoms with van der Waals surface area (Å²) < 4.78 is 5.71. The maximum absolute atomic E-state index is 5.71. The van der Waals surface area contributed by atoms with Gasteiger partial charge >= 0.3 is 0 Å². The summed E-state index contributed by atoms with van der Waals surface area (Å²) in [5.74, 6) is 0. The third-order valence-electron chi connectivity index (χ3n) is 2.24. The van der Waals surface area contributed by atoms with Crippen molar-refractivity contribution in [3.8, 4) is 0 Å². The van der Waals surface area contributed by atoms with Crippen molar-refractivity contribution < 1.29 is 4.74 Å². The molecule has 1 aromatic carbocycles. The molecule has 0 aliphatic carbocycles. The highest BCUT2D eigenvalue weighted by Crippen LogP contribution is 2.14. The molecule has 0 N–H and O–H groups in total. The molecule has 0 spiro atoms. The molecule has 0 saturated carbocycles. The first-order valence-corrected chi connectivity index (χ1v) is 5.08. The lowest BCUT2D eigenvalue weighted by Crippen LogP contribution is -2.18. The van der Waals surface area contributed by atoms with Crippen molar-refractivity contribution in [1.82, 2.24) is 0 Å². The highest BCUT2D eigenvalue weighted by molar-refractivity contribution is 5.29. The van der Waals surface area contributed by atoms with Gasteiger partial charge in [0.25, 0.3) is 0 Å². The largest absolute Gasteiger partial charge is 0.371 e. The molecule has 0 bridgehead atoms. The number of hydrogen-bond donors (Lipinski definition) is 0. The average Bonchev–Trinajstić information content (AvgIpc) is 2.06. The molecular formula is C13H20O. The van der Waals surface area contributed by atoms with Gasteiger partial charge in [0.15, 0.2) is 0 Å². The molecule has 0 aliphatic rings. The van der Waals surface area contributed by atoms with Crippen molar-refractivity contribution in [1.29, 1.82) is 0 Å². The van der Waals surface area contributed by atoms with Crippen LogP contribution < -0.4 is 0 Å². The van der Waals surface area contributed by atoms with Crippen LogP contribution in [0.3, 0.4) is 0 Å². The summed E-state index contributed by atoms with van der Waals surface area (Å²) in [5, 5.41) is 0. The van der Waals surface area contributed by atoms with E-state index < -0.39 is 0 Å². The minimum atomic E-state index is -0.0568. The quantitative estimate of drug-likeness (QED) is 0.695. The molecule has 0 aromatic heterocycles. The van der Waals surface area contributed by atoms with Gasteiger partial charge in [0.1, 0.15) is 0 Å². The van der Waals surface area contributed by atoms with Gasteiger partial charge in [-0.2, -0.15) is 0 Å². The van der Waals surface area contributed by atoms with Gasteiger partial charge in [-0.05, 0) is 51.3 Å². The predicted octanol–water partition coefficient (Wildman–Crippen LogP) is 3.62. The monoisotopic (exact) mass is 192 g/mol. The lowest BCUT2D eigenvalue weighted by Gasteiger charge is -2.19. The smallest absolute Gasteiger partial charge is 0.0724 e. The summed E-state index contributed by atoms with van der Waals surface area (Å²) in [6, 6.07) is 6.48. The molecule has 0 heterocycles. The van der Waals surface area contributed by atoms with Gasteiger partial charge in [0.2, 0.25) is 0 Å². The van der Waals surface area contributed by atoms with Crippen LogP contribution in [-0.4, -0.2) is 5.60 Å². The van der Waals surface area contributed by atoms with E-state index in [0.717, 1.165) is 0 Å². The molecule has 78 valence electrons. The van der Waals surface area contributed by atoms with E-state index >= 15 is 0 Å². The van der Waals surface area contributed by atoms with E-state index in [4.69, 9.17) is 4.74 Å². The van der Waals surface area contributed by atoms with Gasteiger partial charge in [-0.15, -0.1) is 0 Å². The van der Waals surface area contributed by atoms with Crippen LogP contribution in [-0.2, 0) is 11.3 Å². The minimum absolute atomic E-state index is 0.0568. The summed E-state index contributed by atoms with van der Waals surface area (Å²) >= 11 is 0.